The number of fused-ring (bicyclic) bond motifs is 2. The molecule has 6 heteroatoms. The van der Waals surface area contributed by atoms with Crippen molar-refractivity contribution in [2.75, 3.05) is 12.8 Å². The summed E-state index contributed by atoms with van der Waals surface area (Å²) < 4.78 is 6.29. The van der Waals surface area contributed by atoms with E-state index in [2.05, 4.69) is 15.9 Å². The van der Waals surface area contributed by atoms with Crippen molar-refractivity contribution in [3.63, 3.8) is 0 Å². The standard InChI is InChI=1S/C24H19BrN2O2S/c1-29-16-11-7-13(8-12-16)19-17-3-2-4-18(17)27-24-20(19)22(28)21(26)23(30-24)14-5-9-15(25)10-6-14/h5-12H,2-4,26H2,1H3. The van der Waals surface area contributed by atoms with E-state index in [1.807, 2.05) is 48.5 Å². The van der Waals surface area contributed by atoms with E-state index in [1.54, 1.807) is 7.11 Å². The number of nitrogen functional groups attached to an aromatic ring is 1. The fourth-order valence-electron chi connectivity index (χ4n) is 4.12. The van der Waals surface area contributed by atoms with Crippen molar-refractivity contribution in [1.82, 2.24) is 4.98 Å². The summed E-state index contributed by atoms with van der Waals surface area (Å²) >= 11 is 4.95. The first-order valence-corrected chi connectivity index (χ1v) is 11.4. The van der Waals surface area contributed by atoms with Gasteiger partial charge in [-0.25, -0.2) is 4.98 Å². The van der Waals surface area contributed by atoms with Gasteiger partial charge in [0.1, 0.15) is 10.6 Å². The van der Waals surface area contributed by atoms with Crippen LogP contribution in [0, 0.1) is 0 Å². The molecule has 0 aliphatic heterocycles. The van der Waals surface area contributed by atoms with E-state index < -0.39 is 0 Å². The summed E-state index contributed by atoms with van der Waals surface area (Å²) in [5.74, 6) is 0.788. The monoisotopic (exact) mass is 478 g/mol. The molecule has 2 aromatic carbocycles. The van der Waals surface area contributed by atoms with Gasteiger partial charge in [0.25, 0.3) is 0 Å². The maximum atomic E-state index is 13.5. The molecular weight excluding hydrogens is 460 g/mol. The van der Waals surface area contributed by atoms with Crippen LogP contribution in [0.15, 0.2) is 57.8 Å². The second-order valence-corrected chi connectivity index (χ2v) is 9.27. The van der Waals surface area contributed by atoms with Crippen molar-refractivity contribution >= 4 is 43.2 Å². The molecule has 150 valence electrons. The molecule has 0 unspecified atom stereocenters. The Morgan fingerprint density at radius 2 is 1.73 bits per heavy atom. The van der Waals surface area contributed by atoms with Gasteiger partial charge in [-0.15, -0.1) is 11.3 Å². The summed E-state index contributed by atoms with van der Waals surface area (Å²) in [5.41, 5.74) is 11.7. The summed E-state index contributed by atoms with van der Waals surface area (Å²) in [6.07, 6.45) is 2.92. The number of ether oxygens (including phenoxy) is 1. The molecule has 0 radical (unpaired) electrons. The average molecular weight is 479 g/mol. The Kier molecular flexibility index (Phi) is 4.83. The van der Waals surface area contributed by atoms with Gasteiger partial charge in [0.05, 0.1) is 23.1 Å². The van der Waals surface area contributed by atoms with Crippen molar-refractivity contribution in [2.24, 2.45) is 0 Å². The third-order valence-corrected chi connectivity index (χ3v) is 7.27. The van der Waals surface area contributed by atoms with Crippen LogP contribution in [0.2, 0.25) is 0 Å². The first-order chi connectivity index (χ1) is 14.6. The van der Waals surface area contributed by atoms with Gasteiger partial charge < -0.3 is 10.5 Å². The third kappa shape index (κ3) is 3.11. The first kappa shape index (κ1) is 19.3. The van der Waals surface area contributed by atoms with Crippen LogP contribution in [-0.2, 0) is 12.8 Å². The smallest absolute Gasteiger partial charge is 0.213 e. The Labute approximate surface area is 186 Å². The number of nitrogens with zero attached hydrogens (tertiary/aromatic N) is 1. The average Bonchev–Trinajstić information content (AvgIpc) is 3.24. The molecule has 0 amide bonds. The Hall–Kier alpha value is -2.70. The summed E-state index contributed by atoms with van der Waals surface area (Å²) in [7, 11) is 1.65. The zero-order valence-corrected chi connectivity index (χ0v) is 18.8. The van der Waals surface area contributed by atoms with Gasteiger partial charge in [-0.2, -0.15) is 0 Å². The number of aryl methyl sites for hydroxylation is 1. The predicted octanol–water partition coefficient (Wildman–Crippen LogP) is 5.83. The van der Waals surface area contributed by atoms with E-state index in [4.69, 9.17) is 15.5 Å². The van der Waals surface area contributed by atoms with E-state index in [0.29, 0.717) is 5.39 Å². The van der Waals surface area contributed by atoms with Crippen molar-refractivity contribution in [1.29, 1.82) is 0 Å². The number of rotatable bonds is 3. The number of aromatic nitrogens is 1. The van der Waals surface area contributed by atoms with Crippen LogP contribution in [0.25, 0.3) is 31.8 Å². The second-order valence-electron chi connectivity index (χ2n) is 7.36. The van der Waals surface area contributed by atoms with Crippen molar-refractivity contribution < 1.29 is 4.74 Å². The minimum Gasteiger partial charge on any atom is -0.497 e. The maximum absolute atomic E-state index is 13.5. The summed E-state index contributed by atoms with van der Waals surface area (Å²) in [5, 5.41) is 0.629. The molecule has 0 fully saturated rings. The molecule has 4 nitrogen and oxygen atoms in total. The third-order valence-electron chi connectivity index (χ3n) is 5.59. The molecule has 1 aliphatic rings. The molecule has 4 aromatic rings. The SMILES string of the molecule is COc1ccc(-c2c3c(nc4sc(-c5ccc(Br)cc5)c(N)c(=O)c24)CCC3)cc1. The summed E-state index contributed by atoms with van der Waals surface area (Å²) in [6.45, 7) is 0. The lowest BCUT2D eigenvalue weighted by atomic mass is 9.96. The number of anilines is 1. The molecular formula is C24H19BrN2O2S. The summed E-state index contributed by atoms with van der Waals surface area (Å²) in [6, 6.07) is 15.7. The predicted molar refractivity (Wildman–Crippen MR) is 127 cm³/mol. The van der Waals surface area contributed by atoms with Crippen LogP contribution in [0.1, 0.15) is 17.7 Å². The molecule has 0 saturated heterocycles. The molecule has 2 heterocycles. The molecule has 0 saturated carbocycles. The van der Waals surface area contributed by atoms with Crippen molar-refractivity contribution in [3.05, 3.63) is 74.5 Å². The number of halogens is 1. The van der Waals surface area contributed by atoms with Crippen LogP contribution in [0.5, 0.6) is 5.75 Å². The van der Waals surface area contributed by atoms with Crippen LogP contribution in [0.4, 0.5) is 5.69 Å². The van der Waals surface area contributed by atoms with E-state index in [-0.39, 0.29) is 11.1 Å². The van der Waals surface area contributed by atoms with Crippen LogP contribution in [0.3, 0.4) is 0 Å². The van der Waals surface area contributed by atoms with Crippen molar-refractivity contribution in [3.8, 4) is 27.3 Å². The van der Waals surface area contributed by atoms with E-state index in [0.717, 1.165) is 61.6 Å². The van der Waals surface area contributed by atoms with Crippen molar-refractivity contribution in [2.45, 2.75) is 19.3 Å². The van der Waals surface area contributed by atoms with Gasteiger partial charge in [0.2, 0.25) is 5.43 Å². The molecule has 2 N–H and O–H groups in total. The fraction of sp³-hybridized carbons (Fsp3) is 0.167. The molecule has 2 aromatic heterocycles. The minimum atomic E-state index is -0.144. The van der Waals surface area contributed by atoms with Crippen LogP contribution < -0.4 is 15.9 Å². The highest BCUT2D eigenvalue weighted by Gasteiger charge is 2.24. The van der Waals surface area contributed by atoms with Gasteiger partial charge in [-0.3, -0.25) is 4.79 Å². The number of hydrogen-bond donors (Lipinski definition) is 1. The van der Waals surface area contributed by atoms with Crippen LogP contribution >= 0.6 is 27.3 Å². The normalized spacial score (nSPS) is 12.9. The lowest BCUT2D eigenvalue weighted by Crippen LogP contribution is -2.12. The lowest BCUT2D eigenvalue weighted by Gasteiger charge is -2.14. The van der Waals surface area contributed by atoms with Crippen LogP contribution in [-0.4, -0.2) is 12.1 Å². The zero-order valence-electron chi connectivity index (χ0n) is 16.4. The number of hydrogen-bond acceptors (Lipinski definition) is 5. The van der Waals surface area contributed by atoms with Gasteiger partial charge in [-0.05, 0) is 60.2 Å². The van der Waals surface area contributed by atoms with E-state index in [9.17, 15) is 4.79 Å². The van der Waals surface area contributed by atoms with Gasteiger partial charge in [-0.1, -0.05) is 40.2 Å². The highest BCUT2D eigenvalue weighted by Crippen LogP contribution is 2.41. The topological polar surface area (TPSA) is 65.2 Å². The highest BCUT2D eigenvalue weighted by molar-refractivity contribution is 9.10. The van der Waals surface area contributed by atoms with Gasteiger partial charge in [0.15, 0.2) is 0 Å². The minimum absolute atomic E-state index is 0.144. The fourth-order valence-corrected chi connectivity index (χ4v) is 5.49. The molecule has 0 spiro atoms. The van der Waals surface area contributed by atoms with E-state index >= 15 is 0 Å². The quantitative estimate of drug-likeness (QED) is 0.402. The largest absolute Gasteiger partial charge is 0.497 e. The van der Waals surface area contributed by atoms with E-state index in [1.165, 1.54) is 16.9 Å². The Morgan fingerprint density at radius 1 is 1.03 bits per heavy atom. The Balaban J connectivity index is 1.82. The Morgan fingerprint density at radius 3 is 2.43 bits per heavy atom. The molecule has 0 bridgehead atoms. The molecule has 5 rings (SSSR count). The highest BCUT2D eigenvalue weighted by atomic mass is 79.9. The number of nitrogens with two attached hydrogens (primary N) is 1. The molecule has 0 atom stereocenters. The number of benzene rings is 2. The summed E-state index contributed by atoms with van der Waals surface area (Å²) in [4.78, 5) is 19.9. The number of methoxy groups -OCH3 is 1. The maximum Gasteiger partial charge on any atom is 0.213 e. The van der Waals surface area contributed by atoms with Gasteiger partial charge in [0, 0.05) is 15.7 Å². The molecule has 30 heavy (non-hydrogen) atoms. The second kappa shape index (κ2) is 7.52. The van der Waals surface area contributed by atoms with Gasteiger partial charge >= 0.3 is 0 Å². The Bertz CT molecular complexity index is 1330. The zero-order chi connectivity index (χ0) is 20.8. The molecule has 1 aliphatic carbocycles. The first-order valence-electron chi connectivity index (χ1n) is 9.75. The lowest BCUT2D eigenvalue weighted by molar-refractivity contribution is 0.415. The number of pyridine rings is 1.